The van der Waals surface area contributed by atoms with Crippen molar-refractivity contribution in [2.75, 3.05) is 13.1 Å². The van der Waals surface area contributed by atoms with Crippen LogP contribution in [0.3, 0.4) is 0 Å². The molecule has 1 aliphatic rings. The molecule has 0 radical (unpaired) electrons. The summed E-state index contributed by atoms with van der Waals surface area (Å²) in [6.45, 7) is 6.60. The molecule has 0 spiro atoms. The van der Waals surface area contributed by atoms with Gasteiger partial charge < -0.3 is 5.32 Å². The minimum Gasteiger partial charge on any atom is -0.317 e. The molecule has 0 saturated carbocycles. The van der Waals surface area contributed by atoms with E-state index in [2.05, 4.69) is 23.3 Å². The highest BCUT2D eigenvalue weighted by atomic mass is 35.5. The predicted octanol–water partition coefficient (Wildman–Crippen LogP) is 3.15. The molecule has 88 valence electrons. The Morgan fingerprint density at radius 1 is 1.38 bits per heavy atom. The molecule has 1 unspecified atom stereocenters. The molecular weight excluding hydrogens is 220 g/mol. The van der Waals surface area contributed by atoms with E-state index in [9.17, 15) is 0 Å². The first-order chi connectivity index (χ1) is 7.66. The fraction of sp³-hybridized carbons (Fsp3) is 0.615. The Kier molecular flexibility index (Phi) is 3.82. The van der Waals surface area contributed by atoms with E-state index in [4.69, 9.17) is 11.6 Å². The molecule has 1 fully saturated rings. The van der Waals surface area contributed by atoms with Gasteiger partial charge in [-0.3, -0.25) is 0 Å². The van der Waals surface area contributed by atoms with E-state index in [1.165, 1.54) is 18.4 Å². The number of pyridine rings is 1. The van der Waals surface area contributed by atoms with Gasteiger partial charge in [0.25, 0.3) is 0 Å². The van der Waals surface area contributed by atoms with Crippen LogP contribution in [-0.4, -0.2) is 18.1 Å². The molecule has 1 aromatic heterocycles. The van der Waals surface area contributed by atoms with Crippen molar-refractivity contribution in [2.45, 2.75) is 32.6 Å². The van der Waals surface area contributed by atoms with Crippen molar-refractivity contribution < 1.29 is 0 Å². The molecule has 1 N–H and O–H groups in total. The summed E-state index contributed by atoms with van der Waals surface area (Å²) in [4.78, 5) is 4.21. The van der Waals surface area contributed by atoms with Crippen LogP contribution in [0.2, 0.25) is 5.15 Å². The molecule has 1 saturated heterocycles. The molecule has 1 aliphatic heterocycles. The summed E-state index contributed by atoms with van der Waals surface area (Å²) in [5.41, 5.74) is 2.35. The van der Waals surface area contributed by atoms with Gasteiger partial charge in [0.1, 0.15) is 5.15 Å². The van der Waals surface area contributed by atoms with E-state index < -0.39 is 0 Å². The topological polar surface area (TPSA) is 24.9 Å². The molecule has 1 aromatic rings. The summed E-state index contributed by atoms with van der Waals surface area (Å²) in [6.07, 6.45) is 2.53. The number of halogens is 1. The maximum absolute atomic E-state index is 6.01. The second kappa shape index (κ2) is 5.15. The maximum Gasteiger partial charge on any atom is 0.129 e. The molecule has 2 rings (SSSR count). The lowest BCUT2D eigenvalue weighted by Gasteiger charge is -2.28. The van der Waals surface area contributed by atoms with Gasteiger partial charge in [-0.1, -0.05) is 18.5 Å². The summed E-state index contributed by atoms with van der Waals surface area (Å²) in [5.74, 6) is 1.36. The Balaban J connectivity index is 2.15. The zero-order valence-corrected chi connectivity index (χ0v) is 10.7. The second-order valence-corrected chi connectivity index (χ2v) is 5.13. The highest BCUT2D eigenvalue weighted by molar-refractivity contribution is 6.29. The van der Waals surface area contributed by atoms with Crippen LogP contribution in [0.15, 0.2) is 12.1 Å². The van der Waals surface area contributed by atoms with E-state index in [0.717, 1.165) is 24.7 Å². The quantitative estimate of drug-likeness (QED) is 0.801. The van der Waals surface area contributed by atoms with Gasteiger partial charge in [-0.2, -0.15) is 0 Å². The molecule has 2 heterocycles. The molecule has 16 heavy (non-hydrogen) atoms. The van der Waals surface area contributed by atoms with Crippen molar-refractivity contribution in [1.29, 1.82) is 0 Å². The normalized spacial score (nSPS) is 19.7. The van der Waals surface area contributed by atoms with Crippen LogP contribution in [0, 0.1) is 12.8 Å². The lowest BCUT2D eigenvalue weighted by Crippen LogP contribution is -2.30. The lowest BCUT2D eigenvalue weighted by molar-refractivity contribution is 0.330. The van der Waals surface area contributed by atoms with Crippen molar-refractivity contribution in [2.24, 2.45) is 5.92 Å². The second-order valence-electron chi connectivity index (χ2n) is 4.74. The van der Waals surface area contributed by atoms with E-state index in [-0.39, 0.29) is 0 Å². The fourth-order valence-corrected chi connectivity index (χ4v) is 2.79. The summed E-state index contributed by atoms with van der Waals surface area (Å²) < 4.78 is 0. The minimum absolute atomic E-state index is 0.585. The van der Waals surface area contributed by atoms with Gasteiger partial charge in [-0.05, 0) is 62.4 Å². The third kappa shape index (κ3) is 2.74. The van der Waals surface area contributed by atoms with Crippen molar-refractivity contribution >= 4 is 11.6 Å². The molecule has 0 bridgehead atoms. The summed E-state index contributed by atoms with van der Waals surface area (Å²) in [7, 11) is 0. The lowest BCUT2D eigenvalue weighted by atomic mass is 9.82. The van der Waals surface area contributed by atoms with Gasteiger partial charge in [-0.15, -0.1) is 0 Å². The molecule has 2 nitrogen and oxygen atoms in total. The van der Waals surface area contributed by atoms with E-state index in [1.54, 1.807) is 0 Å². The Morgan fingerprint density at radius 2 is 2.06 bits per heavy atom. The predicted molar refractivity (Wildman–Crippen MR) is 68.0 cm³/mol. The molecule has 0 aliphatic carbocycles. The maximum atomic E-state index is 6.01. The zero-order chi connectivity index (χ0) is 11.5. The summed E-state index contributed by atoms with van der Waals surface area (Å²) >= 11 is 6.01. The first kappa shape index (κ1) is 11.9. The number of rotatable bonds is 2. The third-order valence-corrected chi connectivity index (χ3v) is 3.75. The average Bonchev–Trinajstić information content (AvgIpc) is 2.28. The monoisotopic (exact) mass is 238 g/mol. The molecule has 0 aromatic carbocycles. The van der Waals surface area contributed by atoms with Crippen LogP contribution in [0.5, 0.6) is 0 Å². The third-order valence-electron chi connectivity index (χ3n) is 3.56. The van der Waals surface area contributed by atoms with Gasteiger partial charge in [0.05, 0.1) is 0 Å². The van der Waals surface area contributed by atoms with Crippen LogP contribution in [0.1, 0.15) is 36.9 Å². The van der Waals surface area contributed by atoms with Gasteiger partial charge in [0.2, 0.25) is 0 Å². The number of aromatic nitrogens is 1. The van der Waals surface area contributed by atoms with Gasteiger partial charge >= 0.3 is 0 Å². The fourth-order valence-electron chi connectivity index (χ4n) is 2.53. The van der Waals surface area contributed by atoms with Crippen molar-refractivity contribution in [3.63, 3.8) is 0 Å². The average molecular weight is 239 g/mol. The van der Waals surface area contributed by atoms with Crippen LogP contribution in [0.25, 0.3) is 0 Å². The van der Waals surface area contributed by atoms with Gasteiger partial charge in [0, 0.05) is 5.69 Å². The number of aryl methyl sites for hydroxylation is 1. The summed E-state index contributed by atoms with van der Waals surface area (Å²) in [6, 6.07) is 4.18. The summed E-state index contributed by atoms with van der Waals surface area (Å²) in [5, 5.41) is 4.03. The van der Waals surface area contributed by atoms with Crippen LogP contribution < -0.4 is 5.32 Å². The van der Waals surface area contributed by atoms with E-state index in [0.29, 0.717) is 11.1 Å². The molecule has 0 amide bonds. The van der Waals surface area contributed by atoms with E-state index >= 15 is 0 Å². The van der Waals surface area contributed by atoms with Gasteiger partial charge in [-0.25, -0.2) is 4.98 Å². The highest BCUT2D eigenvalue weighted by Gasteiger charge is 2.21. The van der Waals surface area contributed by atoms with Crippen molar-refractivity contribution in [1.82, 2.24) is 10.3 Å². The van der Waals surface area contributed by atoms with Crippen LogP contribution in [0.4, 0.5) is 0 Å². The number of nitrogens with one attached hydrogen (secondary N) is 1. The van der Waals surface area contributed by atoms with Crippen LogP contribution >= 0.6 is 11.6 Å². The zero-order valence-electron chi connectivity index (χ0n) is 9.96. The standard InChI is InChI=1S/C13H19ClN2/c1-9-7-12(8-13(14)16-9)10(2)11-3-5-15-6-4-11/h7-8,10-11,15H,3-6H2,1-2H3. The smallest absolute Gasteiger partial charge is 0.129 e. The van der Waals surface area contributed by atoms with Crippen LogP contribution in [-0.2, 0) is 0 Å². The van der Waals surface area contributed by atoms with Gasteiger partial charge in [0.15, 0.2) is 0 Å². The minimum atomic E-state index is 0.585. The number of piperidine rings is 1. The Bertz CT molecular complexity index is 339. The molecular formula is C13H19ClN2. The Hall–Kier alpha value is -0.600. The number of hydrogen-bond acceptors (Lipinski definition) is 2. The first-order valence-corrected chi connectivity index (χ1v) is 6.39. The Labute approximate surface area is 102 Å². The van der Waals surface area contributed by atoms with Crippen molar-refractivity contribution in [3.8, 4) is 0 Å². The largest absolute Gasteiger partial charge is 0.317 e. The molecule has 1 atom stereocenters. The number of nitrogens with zero attached hydrogens (tertiary/aromatic N) is 1. The SMILES string of the molecule is Cc1cc(C(C)C2CCNCC2)cc(Cl)n1. The first-order valence-electron chi connectivity index (χ1n) is 6.01. The molecule has 3 heteroatoms. The van der Waals surface area contributed by atoms with E-state index in [1.807, 2.05) is 13.0 Å². The Morgan fingerprint density at radius 3 is 2.69 bits per heavy atom. The number of hydrogen-bond donors (Lipinski definition) is 1. The van der Waals surface area contributed by atoms with Crippen molar-refractivity contribution in [3.05, 3.63) is 28.5 Å². The highest BCUT2D eigenvalue weighted by Crippen LogP contribution is 2.31.